The minimum absolute atomic E-state index is 0.0239. The molecule has 1 saturated heterocycles. The van der Waals surface area contributed by atoms with Crippen LogP contribution in [0.15, 0.2) is 12.4 Å². The first kappa shape index (κ1) is 19.9. The standard InChI is InChI=1S/C20H32N4O3/c1-16-21-9-12-22(16)13-14-24(19(25)15-27-2)18-7-10-23(11-8-18)20(26)17-5-3-4-6-17/h9,12,17-18H,3-8,10-11,13-15H2,1-2H3. The van der Waals surface area contributed by atoms with Gasteiger partial charge in [0.2, 0.25) is 11.8 Å². The number of imidazole rings is 1. The maximum absolute atomic E-state index is 12.6. The second kappa shape index (κ2) is 9.35. The lowest BCUT2D eigenvalue weighted by molar-refractivity contribution is -0.141. The molecule has 0 spiro atoms. The van der Waals surface area contributed by atoms with Crippen molar-refractivity contribution in [1.29, 1.82) is 0 Å². The maximum Gasteiger partial charge on any atom is 0.248 e. The molecule has 1 aromatic heterocycles. The van der Waals surface area contributed by atoms with E-state index < -0.39 is 0 Å². The summed E-state index contributed by atoms with van der Waals surface area (Å²) in [5.74, 6) is 1.54. The summed E-state index contributed by atoms with van der Waals surface area (Å²) in [4.78, 5) is 33.5. The Balaban J connectivity index is 1.57. The van der Waals surface area contributed by atoms with Gasteiger partial charge in [-0.2, -0.15) is 0 Å². The molecule has 0 atom stereocenters. The van der Waals surface area contributed by atoms with Crippen LogP contribution in [0.25, 0.3) is 0 Å². The Kier molecular flexibility index (Phi) is 6.88. The van der Waals surface area contributed by atoms with Crippen LogP contribution in [0.3, 0.4) is 0 Å². The summed E-state index contributed by atoms with van der Waals surface area (Å²) in [6, 6.07) is 0.170. The van der Waals surface area contributed by atoms with Gasteiger partial charge in [0.1, 0.15) is 12.4 Å². The van der Waals surface area contributed by atoms with Gasteiger partial charge in [0.25, 0.3) is 0 Å². The van der Waals surface area contributed by atoms with Crippen LogP contribution in [0, 0.1) is 12.8 Å². The topological polar surface area (TPSA) is 67.7 Å². The van der Waals surface area contributed by atoms with Crippen molar-refractivity contribution in [3.8, 4) is 0 Å². The molecule has 1 aromatic rings. The van der Waals surface area contributed by atoms with Gasteiger partial charge < -0.3 is 19.1 Å². The van der Waals surface area contributed by atoms with E-state index in [2.05, 4.69) is 9.55 Å². The molecule has 1 aliphatic heterocycles. The van der Waals surface area contributed by atoms with Crippen LogP contribution >= 0.6 is 0 Å². The molecule has 3 rings (SSSR count). The summed E-state index contributed by atoms with van der Waals surface area (Å²) in [6.07, 6.45) is 9.86. The molecule has 1 saturated carbocycles. The fraction of sp³-hybridized carbons (Fsp3) is 0.750. The van der Waals surface area contributed by atoms with Crippen LogP contribution in [0.2, 0.25) is 0 Å². The van der Waals surface area contributed by atoms with Gasteiger partial charge in [-0.05, 0) is 32.6 Å². The van der Waals surface area contributed by atoms with Crippen LogP contribution in [-0.2, 0) is 20.9 Å². The molecule has 0 aromatic carbocycles. The predicted molar refractivity (Wildman–Crippen MR) is 102 cm³/mol. The number of likely N-dealkylation sites (tertiary alicyclic amines) is 1. The Hall–Kier alpha value is -1.89. The molecular weight excluding hydrogens is 344 g/mol. The average molecular weight is 377 g/mol. The number of piperidine rings is 1. The molecule has 27 heavy (non-hydrogen) atoms. The first-order valence-electron chi connectivity index (χ1n) is 10.1. The number of ether oxygens (including phenoxy) is 1. The summed E-state index contributed by atoms with van der Waals surface area (Å²) in [5, 5.41) is 0. The van der Waals surface area contributed by atoms with Crippen molar-refractivity contribution in [2.45, 2.75) is 58.0 Å². The minimum Gasteiger partial charge on any atom is -0.375 e. The molecule has 0 N–H and O–H groups in total. The molecule has 0 unspecified atom stereocenters. The predicted octanol–water partition coefficient (Wildman–Crippen LogP) is 1.85. The van der Waals surface area contributed by atoms with Gasteiger partial charge in [-0.1, -0.05) is 12.8 Å². The largest absolute Gasteiger partial charge is 0.375 e. The molecule has 2 aliphatic rings. The van der Waals surface area contributed by atoms with E-state index in [-0.39, 0.29) is 24.5 Å². The van der Waals surface area contributed by atoms with Gasteiger partial charge in [-0.25, -0.2) is 4.98 Å². The number of hydrogen-bond donors (Lipinski definition) is 0. The van der Waals surface area contributed by atoms with Crippen molar-refractivity contribution in [3.05, 3.63) is 18.2 Å². The first-order chi connectivity index (χ1) is 13.1. The van der Waals surface area contributed by atoms with Crippen molar-refractivity contribution in [2.75, 3.05) is 33.4 Å². The van der Waals surface area contributed by atoms with E-state index in [0.717, 1.165) is 51.1 Å². The van der Waals surface area contributed by atoms with Gasteiger partial charge in [-0.3, -0.25) is 9.59 Å². The number of methoxy groups -OCH3 is 1. The second-order valence-electron chi connectivity index (χ2n) is 7.73. The number of carbonyl (C=O) groups excluding carboxylic acids is 2. The summed E-state index contributed by atoms with van der Waals surface area (Å²) in [7, 11) is 1.55. The summed E-state index contributed by atoms with van der Waals surface area (Å²) >= 11 is 0. The highest BCUT2D eigenvalue weighted by molar-refractivity contribution is 5.79. The van der Waals surface area contributed by atoms with Crippen molar-refractivity contribution >= 4 is 11.8 Å². The smallest absolute Gasteiger partial charge is 0.248 e. The number of hydrogen-bond acceptors (Lipinski definition) is 4. The molecule has 0 radical (unpaired) electrons. The third-order valence-corrected chi connectivity index (χ3v) is 6.01. The third kappa shape index (κ3) is 4.89. The zero-order valence-electron chi connectivity index (χ0n) is 16.6. The zero-order chi connectivity index (χ0) is 19.2. The third-order valence-electron chi connectivity index (χ3n) is 6.01. The molecular formula is C20H32N4O3. The van der Waals surface area contributed by atoms with E-state index in [4.69, 9.17) is 4.74 Å². The summed E-state index contributed by atoms with van der Waals surface area (Å²) < 4.78 is 7.15. The molecule has 2 fully saturated rings. The molecule has 150 valence electrons. The quantitative estimate of drug-likeness (QED) is 0.728. The number of aryl methyl sites for hydroxylation is 1. The number of nitrogens with zero attached hydrogens (tertiary/aromatic N) is 4. The fourth-order valence-electron chi connectivity index (χ4n) is 4.40. The summed E-state index contributed by atoms with van der Waals surface area (Å²) in [5.41, 5.74) is 0. The van der Waals surface area contributed by atoms with Crippen molar-refractivity contribution in [3.63, 3.8) is 0 Å². The SMILES string of the molecule is COCC(=O)N(CCn1ccnc1C)C1CCN(C(=O)C2CCCC2)CC1. The second-order valence-corrected chi connectivity index (χ2v) is 7.73. The van der Waals surface area contributed by atoms with E-state index in [9.17, 15) is 9.59 Å². The monoisotopic (exact) mass is 376 g/mol. The Morgan fingerprint density at radius 3 is 2.52 bits per heavy atom. The van der Waals surface area contributed by atoms with Crippen LogP contribution in [0.5, 0.6) is 0 Å². The molecule has 0 bridgehead atoms. The Labute approximate surface area is 161 Å². The van der Waals surface area contributed by atoms with Gasteiger partial charge in [-0.15, -0.1) is 0 Å². The maximum atomic E-state index is 12.6. The molecule has 7 heteroatoms. The van der Waals surface area contributed by atoms with Crippen molar-refractivity contribution in [1.82, 2.24) is 19.4 Å². The van der Waals surface area contributed by atoms with E-state index in [1.807, 2.05) is 22.9 Å². The lowest BCUT2D eigenvalue weighted by Crippen LogP contribution is -2.51. The Morgan fingerprint density at radius 2 is 1.93 bits per heavy atom. The van der Waals surface area contributed by atoms with Crippen LogP contribution < -0.4 is 0 Å². The van der Waals surface area contributed by atoms with E-state index in [1.54, 1.807) is 13.3 Å². The van der Waals surface area contributed by atoms with Gasteiger partial charge >= 0.3 is 0 Å². The number of carbonyl (C=O) groups is 2. The number of amides is 2. The Bertz CT molecular complexity index is 631. The highest BCUT2D eigenvalue weighted by Gasteiger charge is 2.32. The van der Waals surface area contributed by atoms with Crippen LogP contribution in [0.4, 0.5) is 0 Å². The average Bonchev–Trinajstić information content (AvgIpc) is 3.34. The highest BCUT2D eigenvalue weighted by Crippen LogP contribution is 2.28. The zero-order valence-corrected chi connectivity index (χ0v) is 16.6. The minimum atomic E-state index is 0.0239. The van der Waals surface area contributed by atoms with E-state index in [0.29, 0.717) is 12.5 Å². The number of rotatable bonds is 7. The molecule has 7 nitrogen and oxygen atoms in total. The van der Waals surface area contributed by atoms with Gasteiger partial charge in [0.15, 0.2) is 0 Å². The normalized spacial score (nSPS) is 18.8. The Morgan fingerprint density at radius 1 is 1.22 bits per heavy atom. The van der Waals surface area contributed by atoms with Crippen molar-refractivity contribution in [2.24, 2.45) is 5.92 Å². The first-order valence-corrected chi connectivity index (χ1v) is 10.1. The van der Waals surface area contributed by atoms with Crippen molar-refractivity contribution < 1.29 is 14.3 Å². The summed E-state index contributed by atoms with van der Waals surface area (Å²) in [6.45, 7) is 4.93. The van der Waals surface area contributed by atoms with Gasteiger partial charge in [0.05, 0.1) is 0 Å². The lowest BCUT2D eigenvalue weighted by atomic mass is 9.99. The molecule has 1 aliphatic carbocycles. The number of aromatic nitrogens is 2. The van der Waals surface area contributed by atoms with E-state index >= 15 is 0 Å². The molecule has 2 heterocycles. The fourth-order valence-corrected chi connectivity index (χ4v) is 4.40. The van der Waals surface area contributed by atoms with Crippen LogP contribution in [-0.4, -0.2) is 70.6 Å². The lowest BCUT2D eigenvalue weighted by Gasteiger charge is -2.39. The molecule has 2 amide bonds. The highest BCUT2D eigenvalue weighted by atomic mass is 16.5. The van der Waals surface area contributed by atoms with Gasteiger partial charge in [0, 0.05) is 57.6 Å². The van der Waals surface area contributed by atoms with Crippen LogP contribution in [0.1, 0.15) is 44.3 Å². The van der Waals surface area contributed by atoms with E-state index in [1.165, 1.54) is 12.8 Å².